The SMILES string of the molecule is c1ccc(-c2cc(N(c3cccc(-c4cccc5ccccc45)c3)c3cccc4c3oc3ccccc34)ccc2-c2cccc3c2sc2ccccc23)cc1. The number of para-hydroxylation sites is 2. The topological polar surface area (TPSA) is 16.4 Å². The van der Waals surface area contributed by atoms with Gasteiger partial charge in [-0.3, -0.25) is 0 Å². The van der Waals surface area contributed by atoms with Crippen LogP contribution in [-0.4, -0.2) is 0 Å². The molecule has 0 amide bonds. The maximum atomic E-state index is 6.72. The summed E-state index contributed by atoms with van der Waals surface area (Å²) < 4.78 is 9.34. The van der Waals surface area contributed by atoms with Crippen molar-refractivity contribution >= 4 is 81.3 Å². The molecule has 55 heavy (non-hydrogen) atoms. The second-order valence-electron chi connectivity index (χ2n) is 14.0. The van der Waals surface area contributed by atoms with Crippen LogP contribution in [0.5, 0.6) is 0 Å². The number of hydrogen-bond acceptors (Lipinski definition) is 3. The Morgan fingerprint density at radius 1 is 0.382 bits per heavy atom. The van der Waals surface area contributed by atoms with E-state index in [1.165, 1.54) is 58.8 Å². The van der Waals surface area contributed by atoms with Crippen molar-refractivity contribution in [1.82, 2.24) is 0 Å². The minimum Gasteiger partial charge on any atom is -0.454 e. The summed E-state index contributed by atoms with van der Waals surface area (Å²) in [7, 11) is 0. The van der Waals surface area contributed by atoms with Crippen molar-refractivity contribution in [2.45, 2.75) is 0 Å². The number of fused-ring (bicyclic) bond motifs is 7. The van der Waals surface area contributed by atoms with E-state index in [0.29, 0.717) is 0 Å². The van der Waals surface area contributed by atoms with E-state index in [1.54, 1.807) is 0 Å². The van der Waals surface area contributed by atoms with E-state index in [-0.39, 0.29) is 0 Å². The highest BCUT2D eigenvalue weighted by molar-refractivity contribution is 7.26. The number of hydrogen-bond donors (Lipinski definition) is 0. The van der Waals surface area contributed by atoms with Crippen molar-refractivity contribution in [1.29, 1.82) is 0 Å². The lowest BCUT2D eigenvalue weighted by Gasteiger charge is -2.27. The quantitative estimate of drug-likeness (QED) is 0.170. The Balaban J connectivity index is 1.17. The number of nitrogens with zero attached hydrogens (tertiary/aromatic N) is 1. The van der Waals surface area contributed by atoms with Crippen LogP contribution in [0.4, 0.5) is 17.1 Å². The van der Waals surface area contributed by atoms with Gasteiger partial charge in [0.25, 0.3) is 0 Å². The van der Waals surface area contributed by atoms with E-state index in [4.69, 9.17) is 4.42 Å². The summed E-state index contributed by atoms with van der Waals surface area (Å²) in [5.41, 5.74) is 12.0. The third kappa shape index (κ3) is 5.24. The summed E-state index contributed by atoms with van der Waals surface area (Å²) in [5, 5.41) is 7.27. The highest BCUT2D eigenvalue weighted by Gasteiger charge is 2.22. The van der Waals surface area contributed by atoms with E-state index >= 15 is 0 Å². The highest BCUT2D eigenvalue weighted by Crippen LogP contribution is 2.47. The van der Waals surface area contributed by atoms with Crippen LogP contribution in [-0.2, 0) is 0 Å². The number of furan rings is 1. The van der Waals surface area contributed by atoms with Gasteiger partial charge >= 0.3 is 0 Å². The molecule has 258 valence electrons. The molecule has 0 unspecified atom stereocenters. The molecule has 11 rings (SSSR count). The van der Waals surface area contributed by atoms with E-state index < -0.39 is 0 Å². The zero-order valence-electron chi connectivity index (χ0n) is 29.8. The summed E-state index contributed by atoms with van der Waals surface area (Å²) in [6.07, 6.45) is 0. The second-order valence-corrected chi connectivity index (χ2v) is 15.1. The summed E-state index contributed by atoms with van der Waals surface area (Å²) >= 11 is 1.87. The molecule has 0 aliphatic heterocycles. The molecule has 0 spiro atoms. The molecule has 0 atom stereocenters. The van der Waals surface area contributed by atoms with Crippen molar-refractivity contribution in [3.05, 3.63) is 200 Å². The largest absolute Gasteiger partial charge is 0.454 e. The van der Waals surface area contributed by atoms with Crippen LogP contribution < -0.4 is 4.90 Å². The third-order valence-electron chi connectivity index (χ3n) is 10.9. The number of thiophene rings is 1. The van der Waals surface area contributed by atoms with Gasteiger partial charge in [0.1, 0.15) is 5.58 Å². The Kier molecular flexibility index (Phi) is 7.39. The maximum absolute atomic E-state index is 6.72. The van der Waals surface area contributed by atoms with Crippen LogP contribution in [0.15, 0.2) is 205 Å². The lowest BCUT2D eigenvalue weighted by Crippen LogP contribution is -2.10. The van der Waals surface area contributed by atoms with Gasteiger partial charge in [0.2, 0.25) is 0 Å². The first-order chi connectivity index (χ1) is 27.3. The first-order valence-corrected chi connectivity index (χ1v) is 19.5. The van der Waals surface area contributed by atoms with Crippen LogP contribution in [0.1, 0.15) is 0 Å². The number of benzene rings is 9. The Labute approximate surface area is 322 Å². The minimum absolute atomic E-state index is 0.861. The van der Waals surface area contributed by atoms with Crippen molar-refractivity contribution in [2.24, 2.45) is 0 Å². The predicted octanol–water partition coefficient (Wildman–Crippen LogP) is 15.6. The van der Waals surface area contributed by atoms with E-state index in [0.717, 1.165) is 44.6 Å². The van der Waals surface area contributed by atoms with Crippen molar-refractivity contribution < 1.29 is 4.42 Å². The average Bonchev–Trinajstić information content (AvgIpc) is 3.83. The molecular weight excluding hydrogens is 687 g/mol. The van der Waals surface area contributed by atoms with E-state index in [9.17, 15) is 0 Å². The van der Waals surface area contributed by atoms with E-state index in [1.807, 2.05) is 17.4 Å². The molecule has 0 bridgehead atoms. The molecular formula is C52H33NOS. The highest BCUT2D eigenvalue weighted by atomic mass is 32.1. The summed E-state index contributed by atoms with van der Waals surface area (Å²) in [6, 6.07) is 72.2. The molecule has 0 aliphatic carbocycles. The van der Waals surface area contributed by atoms with Crippen molar-refractivity contribution in [3.63, 3.8) is 0 Å². The first-order valence-electron chi connectivity index (χ1n) is 18.7. The smallest absolute Gasteiger partial charge is 0.159 e. The average molecular weight is 720 g/mol. The summed E-state index contributed by atoms with van der Waals surface area (Å²) in [6.45, 7) is 0. The lowest BCUT2D eigenvalue weighted by molar-refractivity contribution is 0.669. The molecule has 0 radical (unpaired) electrons. The number of rotatable bonds is 6. The van der Waals surface area contributed by atoms with Crippen LogP contribution in [0.25, 0.3) is 86.3 Å². The zero-order chi connectivity index (χ0) is 36.3. The molecule has 11 aromatic rings. The van der Waals surface area contributed by atoms with Crippen LogP contribution in [0, 0.1) is 0 Å². The molecule has 0 saturated heterocycles. The van der Waals surface area contributed by atoms with E-state index in [2.05, 4.69) is 199 Å². The molecule has 2 aromatic heterocycles. The lowest BCUT2D eigenvalue weighted by atomic mass is 9.92. The normalized spacial score (nSPS) is 11.6. The molecule has 0 fully saturated rings. The fourth-order valence-electron chi connectivity index (χ4n) is 8.35. The number of anilines is 3. The van der Waals surface area contributed by atoms with Gasteiger partial charge in [0.05, 0.1) is 5.69 Å². The maximum Gasteiger partial charge on any atom is 0.159 e. The van der Waals surface area contributed by atoms with Crippen LogP contribution >= 0.6 is 11.3 Å². The standard InChI is InChI=1S/C52H33NOS/c1-2-14-35(15-3-1)47-33-38(30-31-41(47)45-25-12-26-46-43-22-7-9-29-50(43)55-52(45)46)53(48-27-13-24-44-42-21-6-8-28-49(42)54-51(44)48)37-19-10-18-36(32-37)40-23-11-17-34-16-4-5-20-39(34)40/h1-33H. The van der Waals surface area contributed by atoms with Crippen molar-refractivity contribution in [2.75, 3.05) is 4.90 Å². The molecule has 0 N–H and O–H groups in total. The molecule has 3 heteroatoms. The zero-order valence-corrected chi connectivity index (χ0v) is 30.6. The summed E-state index contributed by atoms with van der Waals surface area (Å²) in [4.78, 5) is 2.37. The van der Waals surface area contributed by atoms with Gasteiger partial charge in [0, 0.05) is 47.9 Å². The molecule has 9 aromatic carbocycles. The summed E-state index contributed by atoms with van der Waals surface area (Å²) in [5.74, 6) is 0. The van der Waals surface area contributed by atoms with Gasteiger partial charge in [0.15, 0.2) is 5.58 Å². The monoisotopic (exact) mass is 719 g/mol. The minimum atomic E-state index is 0.861. The van der Waals surface area contributed by atoms with Gasteiger partial charge < -0.3 is 9.32 Å². The van der Waals surface area contributed by atoms with Gasteiger partial charge in [-0.15, -0.1) is 11.3 Å². The van der Waals surface area contributed by atoms with Gasteiger partial charge in [-0.05, 0) is 81.1 Å². The Morgan fingerprint density at radius 3 is 1.96 bits per heavy atom. The molecule has 0 aliphatic rings. The molecule has 2 nitrogen and oxygen atoms in total. The Morgan fingerprint density at radius 2 is 1.04 bits per heavy atom. The predicted molar refractivity (Wildman–Crippen MR) is 235 cm³/mol. The first kappa shape index (κ1) is 31.6. The Bertz CT molecular complexity index is 3220. The second kappa shape index (κ2) is 12.9. The van der Waals surface area contributed by atoms with Crippen LogP contribution in [0.2, 0.25) is 0 Å². The third-order valence-corrected chi connectivity index (χ3v) is 12.1. The van der Waals surface area contributed by atoms with Crippen molar-refractivity contribution in [3.8, 4) is 33.4 Å². The van der Waals surface area contributed by atoms with Gasteiger partial charge in [-0.25, -0.2) is 0 Å². The Hall–Kier alpha value is -6.94. The molecule has 2 heterocycles. The van der Waals surface area contributed by atoms with Gasteiger partial charge in [-0.1, -0.05) is 158 Å². The molecule has 0 saturated carbocycles. The van der Waals surface area contributed by atoms with Crippen LogP contribution in [0.3, 0.4) is 0 Å². The fourth-order valence-corrected chi connectivity index (χ4v) is 9.58. The fraction of sp³-hybridized carbons (Fsp3) is 0. The van der Waals surface area contributed by atoms with Gasteiger partial charge in [-0.2, -0.15) is 0 Å².